The van der Waals surface area contributed by atoms with E-state index in [4.69, 9.17) is 0 Å². The predicted molar refractivity (Wildman–Crippen MR) is 91.2 cm³/mol. The zero-order valence-corrected chi connectivity index (χ0v) is 14.9. The lowest BCUT2D eigenvalue weighted by atomic mass is 10.2. The Morgan fingerprint density at radius 1 is 1.24 bits per heavy atom. The largest absolute Gasteiger partial charge is 0.310 e. The van der Waals surface area contributed by atoms with Crippen molar-refractivity contribution in [3.05, 3.63) is 22.5 Å². The van der Waals surface area contributed by atoms with Gasteiger partial charge in [0.05, 0.1) is 11.4 Å². The molecular formula is C16H28N4S. The number of hydrogen-bond donors (Lipinski definition) is 1. The number of hydrogen-bond acceptors (Lipinski definition) is 4. The fraction of sp³-hybridized carbons (Fsp3) is 0.688. The van der Waals surface area contributed by atoms with Crippen LogP contribution in [-0.4, -0.2) is 39.5 Å². The minimum absolute atomic E-state index is 0.592. The van der Waals surface area contributed by atoms with Gasteiger partial charge in [-0.2, -0.15) is 0 Å². The van der Waals surface area contributed by atoms with Gasteiger partial charge < -0.3 is 5.32 Å². The molecule has 0 radical (unpaired) electrons. The minimum Gasteiger partial charge on any atom is -0.310 e. The van der Waals surface area contributed by atoms with E-state index in [9.17, 15) is 0 Å². The van der Waals surface area contributed by atoms with Crippen molar-refractivity contribution < 1.29 is 0 Å². The van der Waals surface area contributed by atoms with Gasteiger partial charge in [0.25, 0.3) is 0 Å². The van der Waals surface area contributed by atoms with Crippen molar-refractivity contribution in [3.63, 3.8) is 0 Å². The average molecular weight is 308 g/mol. The Labute approximate surface area is 132 Å². The fourth-order valence-electron chi connectivity index (χ4n) is 2.90. The van der Waals surface area contributed by atoms with E-state index in [1.165, 1.54) is 11.4 Å². The molecule has 0 aliphatic heterocycles. The number of aromatic nitrogens is 2. The van der Waals surface area contributed by atoms with Crippen molar-refractivity contribution in [2.45, 2.75) is 60.2 Å². The van der Waals surface area contributed by atoms with Crippen LogP contribution in [0.15, 0.2) is 5.38 Å². The number of fused-ring (bicyclic) bond motifs is 1. The summed E-state index contributed by atoms with van der Waals surface area (Å²) in [5, 5.41) is 5.75. The topological polar surface area (TPSA) is 32.6 Å². The molecule has 0 amide bonds. The van der Waals surface area contributed by atoms with Crippen LogP contribution in [0.2, 0.25) is 0 Å². The predicted octanol–water partition coefficient (Wildman–Crippen LogP) is 3.22. The van der Waals surface area contributed by atoms with Gasteiger partial charge in [-0.1, -0.05) is 0 Å². The number of nitrogens with one attached hydrogen (secondary N) is 1. The highest BCUT2D eigenvalue weighted by molar-refractivity contribution is 7.15. The van der Waals surface area contributed by atoms with Crippen molar-refractivity contribution in [3.8, 4) is 0 Å². The molecule has 0 spiro atoms. The van der Waals surface area contributed by atoms with E-state index >= 15 is 0 Å². The molecule has 0 saturated carbocycles. The molecule has 0 aliphatic carbocycles. The standard InChI is InChI=1S/C16H28N4S/c1-11(2)19(12(3)4)8-7-17-9-15-14(6)18-16-20(15)13(5)10-21-16/h10-12,17H,7-9H2,1-6H3. The third-order valence-corrected chi connectivity index (χ3v) is 4.94. The molecule has 2 rings (SSSR count). The first-order valence-corrected chi connectivity index (χ1v) is 8.68. The molecular weight excluding hydrogens is 280 g/mol. The second kappa shape index (κ2) is 6.90. The van der Waals surface area contributed by atoms with Crippen LogP contribution in [0.5, 0.6) is 0 Å². The van der Waals surface area contributed by atoms with E-state index in [0.29, 0.717) is 12.1 Å². The maximum atomic E-state index is 4.64. The van der Waals surface area contributed by atoms with Crippen LogP contribution < -0.4 is 5.32 Å². The van der Waals surface area contributed by atoms with Gasteiger partial charge in [0.2, 0.25) is 0 Å². The number of nitrogens with zero attached hydrogens (tertiary/aromatic N) is 3. The van der Waals surface area contributed by atoms with Gasteiger partial charge in [0.1, 0.15) is 0 Å². The quantitative estimate of drug-likeness (QED) is 0.797. The van der Waals surface area contributed by atoms with Crippen molar-refractivity contribution in [2.24, 2.45) is 0 Å². The summed E-state index contributed by atoms with van der Waals surface area (Å²) in [4.78, 5) is 8.26. The summed E-state index contributed by atoms with van der Waals surface area (Å²) in [6, 6.07) is 1.18. The Balaban J connectivity index is 1.93. The number of aryl methyl sites for hydroxylation is 2. The van der Waals surface area contributed by atoms with E-state index in [0.717, 1.165) is 30.3 Å². The molecule has 0 aliphatic rings. The molecule has 118 valence electrons. The molecule has 0 bridgehead atoms. The van der Waals surface area contributed by atoms with Crippen LogP contribution >= 0.6 is 11.3 Å². The van der Waals surface area contributed by atoms with E-state index in [-0.39, 0.29) is 0 Å². The molecule has 0 unspecified atom stereocenters. The second-order valence-electron chi connectivity index (χ2n) is 6.24. The first-order valence-electron chi connectivity index (χ1n) is 7.80. The van der Waals surface area contributed by atoms with Crippen molar-refractivity contribution in [1.29, 1.82) is 0 Å². The molecule has 0 fully saturated rings. The molecule has 0 atom stereocenters. The molecule has 1 N–H and O–H groups in total. The van der Waals surface area contributed by atoms with Crippen LogP contribution in [0.25, 0.3) is 4.96 Å². The van der Waals surface area contributed by atoms with E-state index < -0.39 is 0 Å². The van der Waals surface area contributed by atoms with E-state index in [1.54, 1.807) is 11.3 Å². The number of imidazole rings is 1. The van der Waals surface area contributed by atoms with Gasteiger partial charge in [-0.15, -0.1) is 11.3 Å². The Hall–Kier alpha value is -0.910. The Bertz CT molecular complexity index is 574. The van der Waals surface area contributed by atoms with E-state index in [1.807, 2.05) is 0 Å². The first-order chi connectivity index (χ1) is 9.91. The molecule has 0 aromatic carbocycles. The lowest BCUT2D eigenvalue weighted by Crippen LogP contribution is -2.41. The normalized spacial score (nSPS) is 12.4. The monoisotopic (exact) mass is 308 g/mol. The molecule has 5 heteroatoms. The lowest BCUT2D eigenvalue weighted by Gasteiger charge is -2.30. The van der Waals surface area contributed by atoms with Crippen LogP contribution in [0.3, 0.4) is 0 Å². The third kappa shape index (κ3) is 3.65. The number of thiazole rings is 1. The van der Waals surface area contributed by atoms with Gasteiger partial charge in [-0.25, -0.2) is 4.98 Å². The second-order valence-corrected chi connectivity index (χ2v) is 7.08. The van der Waals surface area contributed by atoms with Crippen molar-refractivity contribution in [2.75, 3.05) is 13.1 Å². The molecule has 4 nitrogen and oxygen atoms in total. The zero-order valence-electron chi connectivity index (χ0n) is 14.1. The SMILES string of the molecule is Cc1nc2scc(C)n2c1CNCCN(C(C)C)C(C)C. The highest BCUT2D eigenvalue weighted by Gasteiger charge is 2.14. The summed E-state index contributed by atoms with van der Waals surface area (Å²) in [6.45, 7) is 16.3. The summed E-state index contributed by atoms with van der Waals surface area (Å²) in [5.41, 5.74) is 3.71. The van der Waals surface area contributed by atoms with Crippen molar-refractivity contribution in [1.82, 2.24) is 19.6 Å². The van der Waals surface area contributed by atoms with Crippen molar-refractivity contribution >= 4 is 16.3 Å². The minimum atomic E-state index is 0.592. The lowest BCUT2D eigenvalue weighted by molar-refractivity contribution is 0.175. The Morgan fingerprint density at radius 2 is 1.90 bits per heavy atom. The zero-order chi connectivity index (χ0) is 15.6. The van der Waals surface area contributed by atoms with Gasteiger partial charge in [-0.05, 0) is 41.5 Å². The Kier molecular flexibility index (Phi) is 5.41. The maximum Gasteiger partial charge on any atom is 0.194 e. The third-order valence-electron chi connectivity index (χ3n) is 4.00. The van der Waals surface area contributed by atoms with Crippen LogP contribution in [0, 0.1) is 13.8 Å². The Morgan fingerprint density at radius 3 is 2.52 bits per heavy atom. The number of rotatable bonds is 7. The van der Waals surface area contributed by atoms with Crippen LogP contribution in [0.1, 0.15) is 44.8 Å². The summed E-state index contributed by atoms with van der Waals surface area (Å²) >= 11 is 1.72. The highest BCUT2D eigenvalue weighted by atomic mass is 32.1. The summed E-state index contributed by atoms with van der Waals surface area (Å²) in [6.07, 6.45) is 0. The molecule has 2 heterocycles. The molecule has 0 saturated heterocycles. The summed E-state index contributed by atoms with van der Waals surface area (Å²) in [7, 11) is 0. The smallest absolute Gasteiger partial charge is 0.194 e. The summed E-state index contributed by atoms with van der Waals surface area (Å²) in [5.74, 6) is 0. The van der Waals surface area contributed by atoms with Crippen LogP contribution in [-0.2, 0) is 6.54 Å². The van der Waals surface area contributed by atoms with Crippen LogP contribution in [0.4, 0.5) is 0 Å². The maximum absolute atomic E-state index is 4.64. The molecule has 21 heavy (non-hydrogen) atoms. The fourth-order valence-corrected chi connectivity index (χ4v) is 3.83. The van der Waals surface area contributed by atoms with Gasteiger partial charge in [-0.3, -0.25) is 9.30 Å². The summed E-state index contributed by atoms with van der Waals surface area (Å²) < 4.78 is 2.27. The van der Waals surface area contributed by atoms with E-state index in [2.05, 4.69) is 66.5 Å². The van der Waals surface area contributed by atoms with Gasteiger partial charge in [0.15, 0.2) is 4.96 Å². The average Bonchev–Trinajstić information content (AvgIpc) is 2.89. The highest BCUT2D eigenvalue weighted by Crippen LogP contribution is 2.20. The van der Waals surface area contributed by atoms with Gasteiger partial charge >= 0.3 is 0 Å². The molecule has 2 aromatic rings. The first kappa shape index (κ1) is 16.5. The van der Waals surface area contributed by atoms with Gasteiger partial charge in [0, 0.05) is 42.8 Å². The molecule has 2 aromatic heterocycles.